The van der Waals surface area contributed by atoms with Crippen molar-refractivity contribution in [1.29, 1.82) is 0 Å². The van der Waals surface area contributed by atoms with E-state index in [1.54, 1.807) is 0 Å². The van der Waals surface area contributed by atoms with Crippen LogP contribution in [0.15, 0.2) is 12.4 Å². The van der Waals surface area contributed by atoms with Gasteiger partial charge in [-0.15, -0.1) is 0 Å². The van der Waals surface area contributed by atoms with Gasteiger partial charge in [0.25, 0.3) is 5.91 Å². The summed E-state index contributed by atoms with van der Waals surface area (Å²) in [5.41, 5.74) is 2.68. The van der Waals surface area contributed by atoms with Gasteiger partial charge in [-0.2, -0.15) is 11.8 Å². The van der Waals surface area contributed by atoms with Crippen molar-refractivity contribution in [2.45, 2.75) is 37.5 Å². The molecule has 104 valence electrons. The molecule has 2 unspecified atom stereocenters. The molecule has 1 aromatic rings. The van der Waals surface area contributed by atoms with Crippen LogP contribution in [0.2, 0.25) is 0 Å². The van der Waals surface area contributed by atoms with E-state index >= 15 is 0 Å². The monoisotopic (exact) mass is 281 g/mol. The maximum Gasteiger partial charge on any atom is 0.271 e. The van der Waals surface area contributed by atoms with Crippen molar-refractivity contribution < 1.29 is 4.79 Å². The van der Waals surface area contributed by atoms with E-state index in [-0.39, 0.29) is 11.9 Å². The topological polar surface area (TPSA) is 92.9 Å². The Balaban J connectivity index is 1.99. The zero-order chi connectivity index (χ0) is 13.7. The summed E-state index contributed by atoms with van der Waals surface area (Å²) in [6, 6.07) is 0.230. The molecule has 0 saturated heterocycles. The Bertz CT molecular complexity index is 442. The summed E-state index contributed by atoms with van der Waals surface area (Å²) in [5, 5.41) is 3.56. The maximum atomic E-state index is 12.1. The number of hydrazine groups is 1. The lowest BCUT2D eigenvalue weighted by molar-refractivity contribution is 0.0933. The Morgan fingerprint density at radius 2 is 2.37 bits per heavy atom. The second kappa shape index (κ2) is 6.72. The lowest BCUT2D eigenvalue weighted by Gasteiger charge is -2.19. The molecule has 2 atom stereocenters. The lowest BCUT2D eigenvalue weighted by atomic mass is 10.2. The van der Waals surface area contributed by atoms with Crippen LogP contribution in [0.5, 0.6) is 0 Å². The van der Waals surface area contributed by atoms with E-state index in [1.807, 2.05) is 11.8 Å². The fourth-order valence-corrected chi connectivity index (χ4v) is 3.49. The Morgan fingerprint density at radius 1 is 1.53 bits per heavy atom. The van der Waals surface area contributed by atoms with Gasteiger partial charge < -0.3 is 10.7 Å². The van der Waals surface area contributed by atoms with Crippen LogP contribution in [0, 0.1) is 0 Å². The number of amides is 1. The molecule has 7 heteroatoms. The zero-order valence-electron chi connectivity index (χ0n) is 10.9. The fraction of sp³-hybridized carbons (Fsp3) is 0.583. The number of hydrogen-bond acceptors (Lipinski definition) is 6. The third kappa shape index (κ3) is 3.57. The number of nitrogens with zero attached hydrogens (tertiary/aromatic N) is 2. The molecular weight excluding hydrogens is 262 g/mol. The zero-order valence-corrected chi connectivity index (χ0v) is 11.7. The van der Waals surface area contributed by atoms with Gasteiger partial charge in [-0.25, -0.2) is 10.8 Å². The number of nitrogen functional groups attached to an aromatic ring is 1. The largest absolute Gasteiger partial charge is 0.347 e. The van der Waals surface area contributed by atoms with Crippen LogP contribution in [0.4, 0.5) is 5.82 Å². The van der Waals surface area contributed by atoms with Crippen LogP contribution in [0.1, 0.15) is 36.7 Å². The highest BCUT2D eigenvalue weighted by atomic mass is 32.2. The van der Waals surface area contributed by atoms with Gasteiger partial charge in [0.05, 0.1) is 12.4 Å². The highest BCUT2D eigenvalue weighted by Crippen LogP contribution is 2.29. The second-order valence-corrected chi connectivity index (χ2v) is 5.95. The van der Waals surface area contributed by atoms with Crippen molar-refractivity contribution in [2.75, 3.05) is 11.2 Å². The molecule has 0 aromatic carbocycles. The molecule has 19 heavy (non-hydrogen) atoms. The van der Waals surface area contributed by atoms with Gasteiger partial charge in [0.1, 0.15) is 5.69 Å². The molecule has 4 N–H and O–H groups in total. The molecule has 1 aromatic heterocycles. The van der Waals surface area contributed by atoms with Gasteiger partial charge in [0.2, 0.25) is 0 Å². The van der Waals surface area contributed by atoms with E-state index in [9.17, 15) is 4.79 Å². The summed E-state index contributed by atoms with van der Waals surface area (Å²) in [6.07, 6.45) is 6.29. The van der Waals surface area contributed by atoms with E-state index in [0.717, 1.165) is 12.2 Å². The molecule has 0 bridgehead atoms. The van der Waals surface area contributed by atoms with Crippen molar-refractivity contribution in [2.24, 2.45) is 5.84 Å². The second-order valence-electron chi connectivity index (χ2n) is 4.44. The van der Waals surface area contributed by atoms with Gasteiger partial charge in [0.15, 0.2) is 5.82 Å². The van der Waals surface area contributed by atoms with Gasteiger partial charge in [-0.05, 0) is 18.6 Å². The number of carbonyl (C=O) groups excluding carboxylic acids is 1. The Hall–Kier alpha value is -1.34. The molecular formula is C12H19N5OS. The SMILES string of the molecule is CCSC1CCCC1NC(=O)c1cncc(NN)n1. The van der Waals surface area contributed by atoms with E-state index < -0.39 is 0 Å². The Labute approximate surface area is 116 Å². The van der Waals surface area contributed by atoms with Crippen LogP contribution in [-0.2, 0) is 0 Å². The Morgan fingerprint density at radius 3 is 3.11 bits per heavy atom. The molecule has 1 amide bonds. The molecule has 6 nitrogen and oxygen atoms in total. The number of rotatable bonds is 5. The van der Waals surface area contributed by atoms with Crippen LogP contribution in [0.25, 0.3) is 0 Å². The number of carbonyl (C=O) groups is 1. The van der Waals surface area contributed by atoms with Crippen LogP contribution in [0.3, 0.4) is 0 Å². The van der Waals surface area contributed by atoms with Crippen molar-refractivity contribution in [1.82, 2.24) is 15.3 Å². The molecule has 2 rings (SSSR count). The van der Waals surface area contributed by atoms with E-state index in [0.29, 0.717) is 16.8 Å². The number of anilines is 1. The molecule has 1 saturated carbocycles. The average Bonchev–Trinajstić information content (AvgIpc) is 2.86. The third-order valence-electron chi connectivity index (χ3n) is 3.16. The number of aromatic nitrogens is 2. The number of thioether (sulfide) groups is 1. The minimum atomic E-state index is -0.182. The van der Waals surface area contributed by atoms with E-state index in [2.05, 4.69) is 27.6 Å². The quantitative estimate of drug-likeness (QED) is 0.554. The first-order chi connectivity index (χ1) is 9.24. The number of hydrogen-bond donors (Lipinski definition) is 3. The fourth-order valence-electron chi connectivity index (χ4n) is 2.29. The molecule has 0 radical (unpaired) electrons. The van der Waals surface area contributed by atoms with E-state index in [4.69, 9.17) is 5.84 Å². The summed E-state index contributed by atoms with van der Waals surface area (Å²) in [5.74, 6) is 6.53. The summed E-state index contributed by atoms with van der Waals surface area (Å²) in [6.45, 7) is 2.14. The molecule has 1 aliphatic carbocycles. The predicted molar refractivity (Wildman–Crippen MR) is 76.9 cm³/mol. The average molecular weight is 281 g/mol. The molecule has 0 aliphatic heterocycles. The summed E-state index contributed by atoms with van der Waals surface area (Å²) < 4.78 is 0. The van der Waals surface area contributed by atoms with Crippen molar-refractivity contribution >= 4 is 23.5 Å². The minimum Gasteiger partial charge on any atom is -0.347 e. The summed E-state index contributed by atoms with van der Waals surface area (Å²) >= 11 is 1.91. The third-order valence-corrected chi connectivity index (χ3v) is 4.49. The first-order valence-electron chi connectivity index (χ1n) is 6.45. The van der Waals surface area contributed by atoms with Gasteiger partial charge >= 0.3 is 0 Å². The normalized spacial score (nSPS) is 22.2. The van der Waals surface area contributed by atoms with Gasteiger partial charge in [-0.1, -0.05) is 13.3 Å². The first kappa shape index (κ1) is 14.1. The number of nitrogens with one attached hydrogen (secondary N) is 2. The van der Waals surface area contributed by atoms with Crippen LogP contribution < -0.4 is 16.6 Å². The summed E-state index contributed by atoms with van der Waals surface area (Å²) in [4.78, 5) is 20.1. The van der Waals surface area contributed by atoms with Crippen molar-refractivity contribution in [3.8, 4) is 0 Å². The highest BCUT2D eigenvalue weighted by Gasteiger charge is 2.29. The van der Waals surface area contributed by atoms with Crippen LogP contribution >= 0.6 is 11.8 Å². The van der Waals surface area contributed by atoms with Gasteiger partial charge in [-0.3, -0.25) is 9.78 Å². The Kier molecular flexibility index (Phi) is 4.98. The maximum absolute atomic E-state index is 12.1. The standard InChI is InChI=1S/C12H19N5OS/c1-2-19-10-5-3-4-8(10)16-12(18)9-6-14-7-11(15-9)17-13/h6-8,10H,2-5,13H2,1H3,(H,15,17)(H,16,18). The lowest BCUT2D eigenvalue weighted by Crippen LogP contribution is -2.39. The minimum absolute atomic E-state index is 0.182. The molecule has 1 fully saturated rings. The first-order valence-corrected chi connectivity index (χ1v) is 7.50. The highest BCUT2D eigenvalue weighted by molar-refractivity contribution is 7.99. The smallest absolute Gasteiger partial charge is 0.271 e. The van der Waals surface area contributed by atoms with Crippen molar-refractivity contribution in [3.63, 3.8) is 0 Å². The molecule has 1 aliphatic rings. The van der Waals surface area contributed by atoms with Crippen LogP contribution in [-0.4, -0.2) is 32.9 Å². The summed E-state index contributed by atoms with van der Waals surface area (Å²) in [7, 11) is 0. The molecule has 1 heterocycles. The number of nitrogens with two attached hydrogens (primary N) is 1. The van der Waals surface area contributed by atoms with Crippen molar-refractivity contribution in [3.05, 3.63) is 18.1 Å². The van der Waals surface area contributed by atoms with Gasteiger partial charge in [0, 0.05) is 11.3 Å². The van der Waals surface area contributed by atoms with E-state index in [1.165, 1.54) is 25.2 Å². The molecule has 0 spiro atoms. The predicted octanol–water partition coefficient (Wildman–Crippen LogP) is 1.17.